The molecule has 2 aromatic rings. The van der Waals surface area contributed by atoms with Crippen molar-refractivity contribution in [2.24, 2.45) is 0 Å². The Balaban J connectivity index is 2.12. The van der Waals surface area contributed by atoms with Crippen LogP contribution in [0.1, 0.15) is 33.5 Å². The van der Waals surface area contributed by atoms with Gasteiger partial charge in [-0.25, -0.2) is 9.37 Å². The fourth-order valence-electron chi connectivity index (χ4n) is 2.38. The maximum atomic E-state index is 13.8. The summed E-state index contributed by atoms with van der Waals surface area (Å²) < 4.78 is 25.7. The quantitative estimate of drug-likeness (QED) is 0.813. The van der Waals surface area contributed by atoms with Gasteiger partial charge in [-0.15, -0.1) is 0 Å². The van der Waals surface area contributed by atoms with Crippen molar-refractivity contribution in [2.45, 2.75) is 45.8 Å². The summed E-state index contributed by atoms with van der Waals surface area (Å²) in [5.41, 5.74) is 1.07. The Morgan fingerprint density at radius 2 is 1.75 bits per heavy atom. The van der Waals surface area contributed by atoms with E-state index in [9.17, 15) is 4.39 Å². The van der Waals surface area contributed by atoms with Crippen molar-refractivity contribution in [3.63, 3.8) is 0 Å². The van der Waals surface area contributed by atoms with E-state index in [2.05, 4.69) is 9.97 Å². The highest BCUT2D eigenvalue weighted by Gasteiger charge is 2.52. The van der Waals surface area contributed by atoms with Crippen molar-refractivity contribution < 1.29 is 13.7 Å². The monoisotopic (exact) mass is 276 g/mol. The zero-order valence-electron chi connectivity index (χ0n) is 12.4. The smallest absolute Gasteiger partial charge is 0.399 e. The zero-order valence-corrected chi connectivity index (χ0v) is 12.4. The number of hydrogen-bond donors (Lipinski definition) is 1. The van der Waals surface area contributed by atoms with Crippen LogP contribution in [0.25, 0.3) is 11.0 Å². The highest BCUT2D eigenvalue weighted by Crippen LogP contribution is 2.36. The van der Waals surface area contributed by atoms with Crippen LogP contribution in [0.15, 0.2) is 12.1 Å². The molecule has 0 radical (unpaired) electrons. The lowest BCUT2D eigenvalue weighted by molar-refractivity contribution is 0.00578. The summed E-state index contributed by atoms with van der Waals surface area (Å²) in [5, 5.41) is 0. The third-order valence-corrected chi connectivity index (χ3v) is 4.21. The highest BCUT2D eigenvalue weighted by molar-refractivity contribution is 6.64. The van der Waals surface area contributed by atoms with Gasteiger partial charge in [-0.3, -0.25) is 0 Å². The predicted octanol–water partition coefficient (Wildman–Crippen LogP) is 2.31. The maximum Gasteiger partial charge on any atom is 0.497 e. The zero-order chi connectivity index (χ0) is 14.7. The van der Waals surface area contributed by atoms with Gasteiger partial charge < -0.3 is 14.3 Å². The Morgan fingerprint density at radius 3 is 2.35 bits per heavy atom. The Morgan fingerprint density at radius 1 is 1.15 bits per heavy atom. The van der Waals surface area contributed by atoms with E-state index in [1.807, 2.05) is 34.6 Å². The molecular formula is C14H18BFN2O2. The number of imidazole rings is 1. The molecule has 20 heavy (non-hydrogen) atoms. The highest BCUT2D eigenvalue weighted by atomic mass is 19.1. The number of nitrogens with one attached hydrogen (secondary N) is 1. The van der Waals surface area contributed by atoms with Crippen LogP contribution in [0, 0.1) is 12.7 Å². The number of H-pyrrole nitrogens is 1. The third-order valence-electron chi connectivity index (χ3n) is 4.21. The average Bonchev–Trinajstić information content (AvgIpc) is 2.75. The van der Waals surface area contributed by atoms with Crippen LogP contribution in [-0.2, 0) is 9.31 Å². The minimum atomic E-state index is -0.610. The largest absolute Gasteiger partial charge is 0.497 e. The normalized spacial score (nSPS) is 20.8. The molecular weight excluding hydrogens is 258 g/mol. The fraction of sp³-hybridized carbons (Fsp3) is 0.500. The molecule has 0 spiro atoms. The molecule has 0 unspecified atom stereocenters. The van der Waals surface area contributed by atoms with E-state index in [1.165, 1.54) is 12.1 Å². The first-order chi connectivity index (χ1) is 9.19. The van der Waals surface area contributed by atoms with E-state index < -0.39 is 18.3 Å². The summed E-state index contributed by atoms with van der Waals surface area (Å²) in [6.07, 6.45) is 0. The van der Waals surface area contributed by atoms with Gasteiger partial charge in [-0.2, -0.15) is 0 Å². The van der Waals surface area contributed by atoms with Gasteiger partial charge in [0.15, 0.2) is 0 Å². The number of aromatic amines is 1. The molecule has 0 saturated carbocycles. The SMILES string of the molecule is Cc1nc2c(B3OC(C)(C)C(C)(C)O3)cc(F)cc2[nH]1. The number of hydrogen-bond acceptors (Lipinski definition) is 3. The van der Waals surface area contributed by atoms with Crippen molar-refractivity contribution in [3.8, 4) is 0 Å². The van der Waals surface area contributed by atoms with E-state index >= 15 is 0 Å². The number of nitrogens with zero attached hydrogens (tertiary/aromatic N) is 1. The number of rotatable bonds is 1. The van der Waals surface area contributed by atoms with E-state index in [0.29, 0.717) is 16.5 Å². The van der Waals surface area contributed by atoms with Gasteiger partial charge >= 0.3 is 7.12 Å². The van der Waals surface area contributed by atoms with Gasteiger partial charge in [-0.05, 0) is 46.8 Å². The molecule has 106 valence electrons. The number of aryl methyl sites for hydroxylation is 1. The average molecular weight is 276 g/mol. The van der Waals surface area contributed by atoms with Crippen molar-refractivity contribution >= 4 is 23.6 Å². The van der Waals surface area contributed by atoms with Crippen molar-refractivity contribution in [2.75, 3.05) is 0 Å². The van der Waals surface area contributed by atoms with Crippen LogP contribution in [0.2, 0.25) is 0 Å². The lowest BCUT2D eigenvalue weighted by Gasteiger charge is -2.32. The molecule has 0 aliphatic carbocycles. The number of fused-ring (bicyclic) bond motifs is 1. The lowest BCUT2D eigenvalue weighted by atomic mass is 9.78. The molecule has 1 aliphatic heterocycles. The molecule has 1 aliphatic rings. The van der Waals surface area contributed by atoms with Crippen LogP contribution in [0.3, 0.4) is 0 Å². The topological polar surface area (TPSA) is 47.1 Å². The number of benzene rings is 1. The summed E-state index contributed by atoms with van der Waals surface area (Å²) in [7, 11) is -0.610. The second kappa shape index (κ2) is 4.05. The van der Waals surface area contributed by atoms with Crippen molar-refractivity contribution in [1.82, 2.24) is 9.97 Å². The Labute approximate surface area is 117 Å². The van der Waals surface area contributed by atoms with E-state index in [-0.39, 0.29) is 5.82 Å². The van der Waals surface area contributed by atoms with E-state index in [1.54, 1.807) is 0 Å². The van der Waals surface area contributed by atoms with Crippen LogP contribution < -0.4 is 5.46 Å². The lowest BCUT2D eigenvalue weighted by Crippen LogP contribution is -2.41. The molecule has 4 nitrogen and oxygen atoms in total. The van der Waals surface area contributed by atoms with Gasteiger partial charge in [0.2, 0.25) is 0 Å². The second-order valence-corrected chi connectivity index (χ2v) is 6.30. The third kappa shape index (κ3) is 1.94. The molecule has 1 saturated heterocycles. The Kier molecular flexibility index (Phi) is 2.75. The van der Waals surface area contributed by atoms with Gasteiger partial charge in [0.05, 0.1) is 22.2 Å². The molecule has 6 heteroatoms. The molecule has 1 N–H and O–H groups in total. The predicted molar refractivity (Wildman–Crippen MR) is 76.5 cm³/mol. The molecule has 0 atom stereocenters. The fourth-order valence-corrected chi connectivity index (χ4v) is 2.38. The molecule has 2 heterocycles. The standard InChI is InChI=1S/C14H18BFN2O2/c1-8-17-11-7-9(16)6-10(12(11)18-8)15-19-13(2,3)14(4,5)20-15/h6-7H,1-5H3,(H,17,18). The first-order valence-electron chi connectivity index (χ1n) is 6.71. The summed E-state index contributed by atoms with van der Waals surface area (Å²) in [4.78, 5) is 7.45. The van der Waals surface area contributed by atoms with E-state index in [0.717, 1.165) is 5.82 Å². The molecule has 1 fully saturated rings. The second-order valence-electron chi connectivity index (χ2n) is 6.30. The maximum absolute atomic E-state index is 13.8. The van der Waals surface area contributed by atoms with Gasteiger partial charge in [0, 0.05) is 5.46 Å². The first-order valence-corrected chi connectivity index (χ1v) is 6.71. The number of halogens is 1. The first kappa shape index (κ1) is 13.6. The molecule has 3 rings (SSSR count). The van der Waals surface area contributed by atoms with Crippen LogP contribution in [0.4, 0.5) is 4.39 Å². The number of aromatic nitrogens is 2. The van der Waals surface area contributed by atoms with Crippen LogP contribution >= 0.6 is 0 Å². The Hall–Kier alpha value is -1.40. The summed E-state index contributed by atoms with van der Waals surface area (Å²) in [5.74, 6) is 0.411. The molecule has 0 amide bonds. The molecule has 0 bridgehead atoms. The van der Waals surface area contributed by atoms with E-state index in [4.69, 9.17) is 9.31 Å². The molecule has 1 aromatic heterocycles. The summed E-state index contributed by atoms with van der Waals surface area (Å²) in [6, 6.07) is 2.87. The van der Waals surface area contributed by atoms with Gasteiger partial charge in [-0.1, -0.05) is 0 Å². The summed E-state index contributed by atoms with van der Waals surface area (Å²) in [6.45, 7) is 9.73. The molecule has 1 aromatic carbocycles. The van der Waals surface area contributed by atoms with Crippen molar-refractivity contribution in [1.29, 1.82) is 0 Å². The van der Waals surface area contributed by atoms with Crippen LogP contribution in [-0.4, -0.2) is 28.3 Å². The van der Waals surface area contributed by atoms with Crippen LogP contribution in [0.5, 0.6) is 0 Å². The Bertz CT molecular complexity index is 665. The summed E-state index contributed by atoms with van der Waals surface area (Å²) >= 11 is 0. The minimum Gasteiger partial charge on any atom is -0.399 e. The minimum absolute atomic E-state index is 0.328. The van der Waals surface area contributed by atoms with Crippen molar-refractivity contribution in [3.05, 3.63) is 23.8 Å². The van der Waals surface area contributed by atoms with Gasteiger partial charge in [0.25, 0.3) is 0 Å². The van der Waals surface area contributed by atoms with Gasteiger partial charge in [0.1, 0.15) is 11.6 Å².